The number of benzene rings is 1. The second-order valence-electron chi connectivity index (χ2n) is 5.18. The van der Waals surface area contributed by atoms with Crippen LogP contribution in [0, 0.1) is 5.92 Å². The number of esters is 1. The maximum atomic E-state index is 12.0. The lowest BCUT2D eigenvalue weighted by atomic mass is 9.86. The summed E-state index contributed by atoms with van der Waals surface area (Å²) in [5, 5.41) is 0. The van der Waals surface area contributed by atoms with Crippen LogP contribution in [0.3, 0.4) is 0 Å². The van der Waals surface area contributed by atoms with Crippen LogP contribution in [0.2, 0.25) is 0 Å². The van der Waals surface area contributed by atoms with Gasteiger partial charge in [-0.25, -0.2) is 4.79 Å². The first-order chi connectivity index (χ1) is 9.70. The highest BCUT2D eigenvalue weighted by molar-refractivity contribution is 5.95. The number of carbonyl (C=O) groups excluding carboxylic acids is 2. The number of ether oxygens (including phenoxy) is 1. The van der Waals surface area contributed by atoms with Crippen molar-refractivity contribution < 1.29 is 14.3 Å². The van der Waals surface area contributed by atoms with E-state index in [1.807, 2.05) is 18.2 Å². The molecular weight excluding hydrogens is 252 g/mol. The Morgan fingerprint density at radius 2 is 1.75 bits per heavy atom. The van der Waals surface area contributed by atoms with E-state index in [2.05, 4.69) is 4.74 Å². The van der Waals surface area contributed by atoms with Crippen molar-refractivity contribution in [2.24, 2.45) is 5.92 Å². The van der Waals surface area contributed by atoms with Gasteiger partial charge in [-0.05, 0) is 36.6 Å². The fourth-order valence-corrected chi connectivity index (χ4v) is 2.55. The van der Waals surface area contributed by atoms with Gasteiger partial charge in [0.25, 0.3) is 0 Å². The highest BCUT2D eigenvalue weighted by Gasteiger charge is 2.18. The molecule has 0 spiro atoms. The van der Waals surface area contributed by atoms with E-state index in [0.717, 1.165) is 31.2 Å². The second-order valence-corrected chi connectivity index (χ2v) is 5.18. The third-order valence-electron chi connectivity index (χ3n) is 3.78. The third-order valence-corrected chi connectivity index (χ3v) is 3.78. The molecule has 1 fully saturated rings. The lowest BCUT2D eigenvalue weighted by Crippen LogP contribution is -2.15. The summed E-state index contributed by atoms with van der Waals surface area (Å²) in [4.78, 5) is 23.3. The molecule has 0 unspecified atom stereocenters. The van der Waals surface area contributed by atoms with E-state index in [1.54, 1.807) is 18.2 Å². The molecule has 0 aliphatic heterocycles. The van der Waals surface area contributed by atoms with Crippen LogP contribution in [0.1, 0.15) is 48.0 Å². The van der Waals surface area contributed by atoms with Crippen LogP contribution in [0.15, 0.2) is 30.3 Å². The van der Waals surface area contributed by atoms with Crippen molar-refractivity contribution in [3.63, 3.8) is 0 Å². The van der Waals surface area contributed by atoms with E-state index in [-0.39, 0.29) is 17.7 Å². The summed E-state index contributed by atoms with van der Waals surface area (Å²) in [7, 11) is 1.36. The van der Waals surface area contributed by atoms with Gasteiger partial charge in [0.05, 0.1) is 12.7 Å². The zero-order valence-corrected chi connectivity index (χ0v) is 11.8. The molecule has 0 saturated heterocycles. The Hall–Kier alpha value is -1.90. The predicted octanol–water partition coefficient (Wildman–Crippen LogP) is 3.64. The Bertz CT molecular complexity index is 493. The summed E-state index contributed by atoms with van der Waals surface area (Å²) >= 11 is 0. The van der Waals surface area contributed by atoms with Crippen molar-refractivity contribution in [2.75, 3.05) is 7.11 Å². The fourth-order valence-electron chi connectivity index (χ4n) is 2.55. The van der Waals surface area contributed by atoms with Crippen molar-refractivity contribution in [2.45, 2.75) is 32.1 Å². The molecule has 0 aromatic heterocycles. The number of methoxy groups -OCH3 is 1. The van der Waals surface area contributed by atoms with Crippen LogP contribution in [0.4, 0.5) is 0 Å². The van der Waals surface area contributed by atoms with Gasteiger partial charge in [-0.2, -0.15) is 0 Å². The van der Waals surface area contributed by atoms with Gasteiger partial charge in [0.2, 0.25) is 0 Å². The minimum atomic E-state index is -0.348. The number of allylic oxidation sites excluding steroid dienone is 1. The Labute approximate surface area is 119 Å². The number of hydrogen-bond acceptors (Lipinski definition) is 3. The van der Waals surface area contributed by atoms with Crippen molar-refractivity contribution in [1.82, 2.24) is 0 Å². The van der Waals surface area contributed by atoms with E-state index in [0.29, 0.717) is 5.56 Å². The lowest BCUT2D eigenvalue weighted by Gasteiger charge is -2.18. The van der Waals surface area contributed by atoms with E-state index in [9.17, 15) is 9.59 Å². The molecule has 3 heteroatoms. The smallest absolute Gasteiger partial charge is 0.337 e. The van der Waals surface area contributed by atoms with E-state index in [1.165, 1.54) is 13.5 Å². The van der Waals surface area contributed by atoms with E-state index >= 15 is 0 Å². The SMILES string of the molecule is COC(=O)c1ccc(C=CC(=O)C2CCCCC2)cc1. The Balaban J connectivity index is 1.96. The van der Waals surface area contributed by atoms with E-state index < -0.39 is 0 Å². The molecule has 3 nitrogen and oxygen atoms in total. The molecule has 1 aliphatic carbocycles. The normalized spacial score (nSPS) is 16.2. The largest absolute Gasteiger partial charge is 0.465 e. The molecule has 0 bridgehead atoms. The van der Waals surface area contributed by atoms with E-state index in [4.69, 9.17) is 0 Å². The Morgan fingerprint density at radius 3 is 2.35 bits per heavy atom. The van der Waals surface area contributed by atoms with Crippen molar-refractivity contribution >= 4 is 17.8 Å². The number of rotatable bonds is 4. The van der Waals surface area contributed by atoms with Gasteiger partial charge < -0.3 is 4.74 Å². The molecule has 0 heterocycles. The van der Waals surface area contributed by atoms with Crippen LogP contribution in [0.25, 0.3) is 6.08 Å². The van der Waals surface area contributed by atoms with Crippen molar-refractivity contribution in [1.29, 1.82) is 0 Å². The first-order valence-corrected chi connectivity index (χ1v) is 7.11. The van der Waals surface area contributed by atoms with Gasteiger partial charge >= 0.3 is 5.97 Å². The fraction of sp³-hybridized carbons (Fsp3) is 0.412. The van der Waals surface area contributed by atoms with Crippen molar-refractivity contribution in [3.05, 3.63) is 41.5 Å². The highest BCUT2D eigenvalue weighted by atomic mass is 16.5. The molecule has 0 amide bonds. The quantitative estimate of drug-likeness (QED) is 0.621. The average Bonchev–Trinajstić information content (AvgIpc) is 2.53. The number of ketones is 1. The summed E-state index contributed by atoms with van der Waals surface area (Å²) in [6.07, 6.45) is 9.11. The molecule has 0 atom stereocenters. The number of hydrogen-bond donors (Lipinski definition) is 0. The van der Waals surface area contributed by atoms with Gasteiger partial charge in [-0.3, -0.25) is 4.79 Å². The highest BCUT2D eigenvalue weighted by Crippen LogP contribution is 2.24. The second kappa shape index (κ2) is 7.04. The van der Waals surface area contributed by atoms with Gasteiger partial charge in [-0.15, -0.1) is 0 Å². The average molecular weight is 272 g/mol. The van der Waals surface area contributed by atoms with Gasteiger partial charge in [-0.1, -0.05) is 37.5 Å². The first-order valence-electron chi connectivity index (χ1n) is 7.11. The van der Waals surface area contributed by atoms with Gasteiger partial charge in [0, 0.05) is 5.92 Å². The Morgan fingerprint density at radius 1 is 1.10 bits per heavy atom. The maximum absolute atomic E-state index is 12.0. The number of carbonyl (C=O) groups is 2. The first kappa shape index (κ1) is 14.5. The summed E-state index contributed by atoms with van der Waals surface area (Å²) in [6, 6.07) is 7.04. The maximum Gasteiger partial charge on any atom is 0.337 e. The van der Waals surface area contributed by atoms with Crippen LogP contribution in [-0.2, 0) is 9.53 Å². The molecule has 1 aliphatic rings. The molecule has 0 N–H and O–H groups in total. The minimum Gasteiger partial charge on any atom is -0.465 e. The summed E-state index contributed by atoms with van der Waals surface area (Å²) in [5.74, 6) is 0.0786. The summed E-state index contributed by atoms with van der Waals surface area (Å²) in [6.45, 7) is 0. The molecule has 1 saturated carbocycles. The van der Waals surface area contributed by atoms with Gasteiger partial charge in [0.1, 0.15) is 0 Å². The lowest BCUT2D eigenvalue weighted by molar-refractivity contribution is -0.119. The van der Waals surface area contributed by atoms with Crippen LogP contribution in [0.5, 0.6) is 0 Å². The Kier molecular flexibility index (Phi) is 5.10. The molecule has 2 rings (SSSR count). The zero-order chi connectivity index (χ0) is 14.4. The standard InChI is InChI=1S/C17H20O3/c1-20-17(19)15-10-7-13(8-11-15)9-12-16(18)14-5-3-2-4-6-14/h7-12,14H,2-6H2,1H3. The molecule has 106 valence electrons. The topological polar surface area (TPSA) is 43.4 Å². The van der Waals surface area contributed by atoms with Crippen LogP contribution < -0.4 is 0 Å². The minimum absolute atomic E-state index is 0.203. The molecular formula is C17H20O3. The van der Waals surface area contributed by atoms with Gasteiger partial charge in [0.15, 0.2) is 5.78 Å². The molecule has 20 heavy (non-hydrogen) atoms. The van der Waals surface area contributed by atoms with Crippen molar-refractivity contribution in [3.8, 4) is 0 Å². The molecule has 0 radical (unpaired) electrons. The zero-order valence-electron chi connectivity index (χ0n) is 11.8. The monoisotopic (exact) mass is 272 g/mol. The van der Waals surface area contributed by atoms with Crippen LogP contribution in [-0.4, -0.2) is 18.9 Å². The van der Waals surface area contributed by atoms with Crippen LogP contribution >= 0.6 is 0 Å². The third kappa shape index (κ3) is 3.80. The summed E-state index contributed by atoms with van der Waals surface area (Å²) < 4.78 is 4.64. The predicted molar refractivity (Wildman–Crippen MR) is 78.4 cm³/mol. The molecule has 1 aromatic carbocycles. The molecule has 1 aromatic rings. The summed E-state index contributed by atoms with van der Waals surface area (Å²) in [5.41, 5.74) is 1.44.